The summed E-state index contributed by atoms with van der Waals surface area (Å²) in [5.41, 5.74) is 1.28. The fourth-order valence-electron chi connectivity index (χ4n) is 1.50. The molecule has 0 bridgehead atoms. The molecule has 1 N–H and O–H groups in total. The molecule has 4 nitrogen and oxygen atoms in total. The molecule has 18 heavy (non-hydrogen) atoms. The Balaban J connectivity index is 0.000000574. The lowest BCUT2D eigenvalue weighted by Crippen LogP contribution is -2.07. The van der Waals surface area contributed by atoms with E-state index in [1.54, 1.807) is 6.20 Å². The lowest BCUT2D eigenvalue weighted by atomic mass is 10.3. The fraction of sp³-hybridized carbons (Fsp3) is 0.154. The van der Waals surface area contributed by atoms with Crippen LogP contribution in [0.1, 0.15) is 13.8 Å². The standard InChI is InChI=1S/C11H7N3OS.C2H6/c15-11-9-7(4-6-16-9)13-10(14-11)8-3-1-2-5-12-8;1-2/h1-6H,(H,13,14,15);1-2H3. The van der Waals surface area contributed by atoms with Crippen molar-refractivity contribution in [2.75, 3.05) is 0 Å². The third kappa shape index (κ3) is 2.31. The molecule has 0 amide bonds. The van der Waals surface area contributed by atoms with Crippen molar-refractivity contribution < 1.29 is 0 Å². The average molecular weight is 259 g/mol. The van der Waals surface area contributed by atoms with Crippen LogP contribution in [0, 0.1) is 0 Å². The van der Waals surface area contributed by atoms with Crippen molar-refractivity contribution in [3.63, 3.8) is 0 Å². The maximum absolute atomic E-state index is 11.7. The van der Waals surface area contributed by atoms with E-state index in [0.717, 1.165) is 5.52 Å². The second kappa shape index (κ2) is 5.55. The van der Waals surface area contributed by atoms with Gasteiger partial charge in [-0.15, -0.1) is 11.3 Å². The summed E-state index contributed by atoms with van der Waals surface area (Å²) in [5.74, 6) is 0.511. The highest BCUT2D eigenvalue weighted by Gasteiger charge is 2.06. The highest BCUT2D eigenvalue weighted by atomic mass is 32.1. The van der Waals surface area contributed by atoms with E-state index in [4.69, 9.17) is 0 Å². The Morgan fingerprint density at radius 2 is 2.06 bits per heavy atom. The van der Waals surface area contributed by atoms with Gasteiger partial charge in [0.2, 0.25) is 0 Å². The van der Waals surface area contributed by atoms with Gasteiger partial charge in [0, 0.05) is 6.20 Å². The number of aromatic amines is 1. The molecule has 3 heterocycles. The Kier molecular flexibility index (Phi) is 3.84. The van der Waals surface area contributed by atoms with E-state index in [-0.39, 0.29) is 5.56 Å². The number of hydrogen-bond acceptors (Lipinski definition) is 4. The minimum atomic E-state index is -0.111. The molecule has 0 aliphatic carbocycles. The molecule has 0 radical (unpaired) electrons. The third-order valence-electron chi connectivity index (χ3n) is 2.22. The Labute approximate surface area is 108 Å². The van der Waals surface area contributed by atoms with Crippen LogP contribution in [0.2, 0.25) is 0 Å². The molecule has 0 unspecified atom stereocenters. The molecule has 0 aromatic carbocycles. The van der Waals surface area contributed by atoms with E-state index >= 15 is 0 Å². The summed E-state index contributed by atoms with van der Waals surface area (Å²) >= 11 is 1.39. The van der Waals surface area contributed by atoms with Crippen LogP contribution in [0.4, 0.5) is 0 Å². The van der Waals surface area contributed by atoms with Crippen LogP contribution in [-0.2, 0) is 0 Å². The monoisotopic (exact) mass is 259 g/mol. The van der Waals surface area contributed by atoms with Crippen LogP contribution in [0.25, 0.3) is 21.7 Å². The third-order valence-corrected chi connectivity index (χ3v) is 3.12. The van der Waals surface area contributed by atoms with Crippen molar-refractivity contribution in [3.05, 3.63) is 46.2 Å². The van der Waals surface area contributed by atoms with Gasteiger partial charge >= 0.3 is 0 Å². The van der Waals surface area contributed by atoms with E-state index in [1.165, 1.54) is 11.3 Å². The molecule has 0 atom stereocenters. The molecular formula is C13H13N3OS. The van der Waals surface area contributed by atoms with Crippen molar-refractivity contribution in [1.29, 1.82) is 0 Å². The smallest absolute Gasteiger partial charge is 0.269 e. The maximum atomic E-state index is 11.7. The Morgan fingerprint density at radius 1 is 1.22 bits per heavy atom. The van der Waals surface area contributed by atoms with E-state index in [9.17, 15) is 4.79 Å². The number of pyridine rings is 1. The van der Waals surface area contributed by atoms with Crippen LogP contribution in [-0.4, -0.2) is 15.0 Å². The van der Waals surface area contributed by atoms with Crippen LogP contribution in [0.3, 0.4) is 0 Å². The molecule has 3 aromatic heterocycles. The Bertz CT molecular complexity index is 688. The van der Waals surface area contributed by atoms with Gasteiger partial charge in [0.05, 0.1) is 5.52 Å². The van der Waals surface area contributed by atoms with Crippen LogP contribution in [0.5, 0.6) is 0 Å². The first-order valence-electron chi connectivity index (χ1n) is 5.73. The average Bonchev–Trinajstić information content (AvgIpc) is 2.91. The number of aromatic nitrogens is 3. The van der Waals surface area contributed by atoms with Crippen molar-refractivity contribution in [2.45, 2.75) is 13.8 Å². The highest BCUT2D eigenvalue weighted by molar-refractivity contribution is 7.17. The van der Waals surface area contributed by atoms with Gasteiger partial charge in [0.1, 0.15) is 10.4 Å². The molecule has 0 aliphatic heterocycles. The molecule has 5 heteroatoms. The van der Waals surface area contributed by atoms with Crippen LogP contribution < -0.4 is 5.56 Å². The number of fused-ring (bicyclic) bond motifs is 1. The van der Waals surface area contributed by atoms with Gasteiger partial charge in [-0.25, -0.2) is 4.98 Å². The predicted octanol–water partition coefficient (Wildman–Crippen LogP) is 3.07. The summed E-state index contributed by atoms with van der Waals surface area (Å²) in [6, 6.07) is 7.34. The summed E-state index contributed by atoms with van der Waals surface area (Å²) in [7, 11) is 0. The maximum Gasteiger partial charge on any atom is 0.269 e. The SMILES string of the molecule is CC.O=c1[nH]c(-c2ccccn2)nc2ccsc12. The Hall–Kier alpha value is -2.01. The van der Waals surface area contributed by atoms with Crippen molar-refractivity contribution in [2.24, 2.45) is 0 Å². The van der Waals surface area contributed by atoms with Crippen molar-refractivity contribution in [1.82, 2.24) is 15.0 Å². The van der Waals surface area contributed by atoms with Gasteiger partial charge in [-0.3, -0.25) is 9.78 Å². The molecule has 0 saturated carbocycles. The molecule has 3 rings (SSSR count). The highest BCUT2D eigenvalue weighted by Crippen LogP contribution is 2.17. The largest absolute Gasteiger partial charge is 0.304 e. The van der Waals surface area contributed by atoms with Crippen LogP contribution >= 0.6 is 11.3 Å². The zero-order chi connectivity index (χ0) is 13.0. The van der Waals surface area contributed by atoms with Gasteiger partial charge in [-0.05, 0) is 23.6 Å². The van der Waals surface area contributed by atoms with Crippen molar-refractivity contribution in [3.8, 4) is 11.5 Å². The molecule has 0 fully saturated rings. The molecule has 0 aliphatic rings. The second-order valence-electron chi connectivity index (χ2n) is 3.26. The van der Waals surface area contributed by atoms with E-state index in [1.807, 2.05) is 43.5 Å². The zero-order valence-electron chi connectivity index (χ0n) is 10.2. The summed E-state index contributed by atoms with van der Waals surface area (Å²) in [4.78, 5) is 23.0. The fourth-order valence-corrected chi connectivity index (χ4v) is 2.22. The topological polar surface area (TPSA) is 58.6 Å². The van der Waals surface area contributed by atoms with Gasteiger partial charge in [0.15, 0.2) is 5.82 Å². The molecule has 3 aromatic rings. The molecule has 92 valence electrons. The van der Waals surface area contributed by atoms with Crippen molar-refractivity contribution >= 4 is 21.6 Å². The first-order chi connectivity index (χ1) is 8.84. The molecule has 0 spiro atoms. The van der Waals surface area contributed by atoms with Gasteiger partial charge in [-0.2, -0.15) is 0 Å². The number of thiophene rings is 1. The van der Waals surface area contributed by atoms with Gasteiger partial charge in [0.25, 0.3) is 5.56 Å². The minimum absolute atomic E-state index is 0.111. The van der Waals surface area contributed by atoms with E-state index in [2.05, 4.69) is 15.0 Å². The predicted molar refractivity (Wildman–Crippen MR) is 74.8 cm³/mol. The summed E-state index contributed by atoms with van der Waals surface area (Å²) in [5, 5.41) is 1.86. The molecular weight excluding hydrogens is 246 g/mol. The van der Waals surface area contributed by atoms with E-state index in [0.29, 0.717) is 16.2 Å². The Morgan fingerprint density at radius 3 is 2.78 bits per heavy atom. The minimum Gasteiger partial charge on any atom is -0.304 e. The number of rotatable bonds is 1. The van der Waals surface area contributed by atoms with Gasteiger partial charge in [-0.1, -0.05) is 19.9 Å². The first-order valence-corrected chi connectivity index (χ1v) is 6.61. The number of H-pyrrole nitrogens is 1. The summed E-state index contributed by atoms with van der Waals surface area (Å²) in [6.07, 6.45) is 1.67. The quantitative estimate of drug-likeness (QED) is 0.730. The normalized spacial score (nSPS) is 9.89. The lowest BCUT2D eigenvalue weighted by molar-refractivity contribution is 1.15. The number of nitrogens with one attached hydrogen (secondary N) is 1. The van der Waals surface area contributed by atoms with Crippen LogP contribution in [0.15, 0.2) is 40.6 Å². The summed E-state index contributed by atoms with van der Waals surface area (Å²) in [6.45, 7) is 4.00. The molecule has 0 saturated heterocycles. The number of nitrogens with zero attached hydrogens (tertiary/aromatic N) is 2. The summed E-state index contributed by atoms with van der Waals surface area (Å²) < 4.78 is 0.652. The first kappa shape index (κ1) is 12.4. The van der Waals surface area contributed by atoms with E-state index < -0.39 is 0 Å². The van der Waals surface area contributed by atoms with Gasteiger partial charge < -0.3 is 4.98 Å². The number of hydrogen-bond donors (Lipinski definition) is 1. The second-order valence-corrected chi connectivity index (χ2v) is 4.18. The zero-order valence-corrected chi connectivity index (χ0v) is 11.0. The lowest BCUT2D eigenvalue weighted by Gasteiger charge is -1.98.